The summed E-state index contributed by atoms with van der Waals surface area (Å²) in [6.07, 6.45) is 13.1. The van der Waals surface area contributed by atoms with Crippen LogP contribution >= 0.6 is 0 Å². The van der Waals surface area contributed by atoms with E-state index in [-0.39, 0.29) is 0 Å². The fraction of sp³-hybridized carbons (Fsp3) is 0.407. The molecular weight excluding hydrogens is 388 g/mol. The Morgan fingerprint density at radius 3 is 2.00 bits per heavy atom. The Labute approximate surface area is 186 Å². The molecule has 2 aromatic carbocycles. The Hall–Kier alpha value is -2.88. The van der Waals surface area contributed by atoms with Gasteiger partial charge in [0.25, 0.3) is 0 Å². The zero-order valence-corrected chi connectivity index (χ0v) is 18.6. The van der Waals surface area contributed by atoms with E-state index < -0.39 is 11.9 Å². The smallest absolute Gasteiger partial charge is 0.336 e. The Bertz CT molecular complexity index is 811. The molecule has 0 aliphatic carbocycles. The summed E-state index contributed by atoms with van der Waals surface area (Å²) < 4.78 is 10.6. The number of rotatable bonds is 14. The van der Waals surface area contributed by atoms with E-state index in [0.717, 1.165) is 36.1 Å². The molecule has 166 valence electrons. The van der Waals surface area contributed by atoms with Gasteiger partial charge in [0.1, 0.15) is 5.75 Å². The number of hydrogen-bond donors (Lipinski definition) is 0. The van der Waals surface area contributed by atoms with E-state index in [0.29, 0.717) is 12.4 Å². The lowest BCUT2D eigenvalue weighted by Crippen LogP contribution is -2.08. The van der Waals surface area contributed by atoms with Crippen LogP contribution in [-0.4, -0.2) is 18.5 Å². The van der Waals surface area contributed by atoms with E-state index in [1.807, 2.05) is 42.5 Å². The van der Waals surface area contributed by atoms with Crippen molar-refractivity contribution >= 4 is 11.9 Å². The van der Waals surface area contributed by atoms with Crippen molar-refractivity contribution in [3.63, 3.8) is 0 Å². The molecule has 0 fully saturated rings. The van der Waals surface area contributed by atoms with Crippen LogP contribution in [0.15, 0.2) is 66.7 Å². The average Bonchev–Trinajstić information content (AvgIpc) is 2.80. The standard InChI is InChI=1S/C27H34O4/c1-2-3-4-5-6-7-8-9-15-22-30-26(28)20-21-27(29)31-25-19-14-13-18-24(25)23-16-11-10-12-17-23/h10-14,16-21H,2-9,15,22H2,1H3/b21-20+. The Balaban J connectivity index is 1.65. The van der Waals surface area contributed by atoms with Crippen LogP contribution in [0.2, 0.25) is 0 Å². The molecular formula is C27H34O4. The molecule has 4 heteroatoms. The number of benzene rings is 2. The SMILES string of the molecule is CCCCCCCCCCCOC(=O)/C=C/C(=O)Oc1ccccc1-c1ccccc1. The van der Waals surface area contributed by atoms with Gasteiger partial charge >= 0.3 is 11.9 Å². The fourth-order valence-electron chi connectivity index (χ4n) is 3.32. The van der Waals surface area contributed by atoms with E-state index in [9.17, 15) is 9.59 Å². The zero-order valence-electron chi connectivity index (χ0n) is 18.6. The molecule has 0 N–H and O–H groups in total. The second-order valence-electron chi connectivity index (χ2n) is 7.61. The van der Waals surface area contributed by atoms with Gasteiger partial charge in [-0.15, -0.1) is 0 Å². The lowest BCUT2D eigenvalue weighted by molar-refractivity contribution is -0.138. The maximum atomic E-state index is 12.1. The molecule has 0 bridgehead atoms. The number of carbonyl (C=O) groups excluding carboxylic acids is 2. The van der Waals surface area contributed by atoms with Crippen molar-refractivity contribution in [2.24, 2.45) is 0 Å². The van der Waals surface area contributed by atoms with Crippen LogP contribution in [0, 0.1) is 0 Å². The third-order valence-electron chi connectivity index (χ3n) is 5.03. The molecule has 0 amide bonds. The van der Waals surface area contributed by atoms with Crippen LogP contribution < -0.4 is 4.74 Å². The summed E-state index contributed by atoms with van der Waals surface area (Å²) in [6, 6.07) is 17.0. The number of hydrogen-bond acceptors (Lipinski definition) is 4. The monoisotopic (exact) mass is 422 g/mol. The summed E-state index contributed by atoms with van der Waals surface area (Å²) >= 11 is 0. The quantitative estimate of drug-likeness (QED) is 0.144. The zero-order chi connectivity index (χ0) is 22.2. The van der Waals surface area contributed by atoms with Crippen LogP contribution in [-0.2, 0) is 14.3 Å². The molecule has 0 spiro atoms. The molecule has 0 aromatic heterocycles. The van der Waals surface area contributed by atoms with Crippen LogP contribution in [0.5, 0.6) is 5.75 Å². The average molecular weight is 423 g/mol. The molecule has 0 aliphatic rings. The third-order valence-corrected chi connectivity index (χ3v) is 5.03. The van der Waals surface area contributed by atoms with Gasteiger partial charge in [0.05, 0.1) is 6.61 Å². The molecule has 0 radical (unpaired) electrons. The minimum Gasteiger partial charge on any atom is -0.463 e. The molecule has 0 saturated carbocycles. The third kappa shape index (κ3) is 10.1. The Morgan fingerprint density at radius 1 is 0.710 bits per heavy atom. The van der Waals surface area contributed by atoms with E-state index in [4.69, 9.17) is 9.47 Å². The summed E-state index contributed by atoms with van der Waals surface area (Å²) in [5, 5.41) is 0. The number of esters is 2. The molecule has 0 saturated heterocycles. The minimum absolute atomic E-state index is 0.380. The molecule has 31 heavy (non-hydrogen) atoms. The van der Waals surface area contributed by atoms with Crippen LogP contribution in [0.4, 0.5) is 0 Å². The minimum atomic E-state index is -0.608. The van der Waals surface area contributed by atoms with Crippen LogP contribution in [0.1, 0.15) is 64.7 Å². The molecule has 4 nitrogen and oxygen atoms in total. The van der Waals surface area contributed by atoms with Crippen molar-refractivity contribution in [3.05, 3.63) is 66.7 Å². The first-order chi connectivity index (χ1) is 15.2. The number of ether oxygens (including phenoxy) is 2. The Kier molecular flexibility index (Phi) is 11.8. The molecule has 0 heterocycles. The maximum absolute atomic E-state index is 12.1. The predicted octanol–water partition coefficient (Wildman–Crippen LogP) is 6.89. The van der Waals surface area contributed by atoms with Crippen molar-refractivity contribution in [2.75, 3.05) is 6.61 Å². The summed E-state index contributed by atoms with van der Waals surface area (Å²) in [4.78, 5) is 23.9. The second kappa shape index (κ2) is 15.0. The summed E-state index contributed by atoms with van der Waals surface area (Å²) in [5.41, 5.74) is 1.77. The number of carbonyl (C=O) groups is 2. The van der Waals surface area contributed by atoms with Crippen molar-refractivity contribution in [3.8, 4) is 16.9 Å². The highest BCUT2D eigenvalue weighted by Crippen LogP contribution is 2.29. The molecule has 2 aromatic rings. The summed E-state index contributed by atoms with van der Waals surface area (Å²) in [5.74, 6) is -0.678. The van der Waals surface area contributed by atoms with Crippen molar-refractivity contribution in [1.82, 2.24) is 0 Å². The van der Waals surface area contributed by atoms with Gasteiger partial charge in [0, 0.05) is 17.7 Å². The lowest BCUT2D eigenvalue weighted by atomic mass is 10.1. The van der Waals surface area contributed by atoms with Gasteiger partial charge in [-0.3, -0.25) is 0 Å². The summed E-state index contributed by atoms with van der Waals surface area (Å²) in [6.45, 7) is 2.61. The van der Waals surface area contributed by atoms with E-state index in [1.54, 1.807) is 12.1 Å². The van der Waals surface area contributed by atoms with Gasteiger partial charge in [-0.25, -0.2) is 9.59 Å². The van der Waals surface area contributed by atoms with E-state index >= 15 is 0 Å². The van der Waals surface area contributed by atoms with Gasteiger partial charge in [-0.05, 0) is 18.1 Å². The second-order valence-corrected chi connectivity index (χ2v) is 7.61. The number of para-hydroxylation sites is 1. The highest BCUT2D eigenvalue weighted by atomic mass is 16.5. The van der Waals surface area contributed by atoms with E-state index in [2.05, 4.69) is 6.92 Å². The van der Waals surface area contributed by atoms with Gasteiger partial charge in [-0.2, -0.15) is 0 Å². The molecule has 0 unspecified atom stereocenters. The highest BCUT2D eigenvalue weighted by Gasteiger charge is 2.09. The first-order valence-electron chi connectivity index (χ1n) is 11.4. The van der Waals surface area contributed by atoms with Gasteiger partial charge in [0.2, 0.25) is 0 Å². The van der Waals surface area contributed by atoms with Crippen molar-refractivity contribution in [1.29, 1.82) is 0 Å². The van der Waals surface area contributed by atoms with Crippen LogP contribution in [0.25, 0.3) is 11.1 Å². The summed E-state index contributed by atoms with van der Waals surface area (Å²) in [7, 11) is 0. The fourth-order valence-corrected chi connectivity index (χ4v) is 3.32. The van der Waals surface area contributed by atoms with Gasteiger partial charge in [-0.1, -0.05) is 107 Å². The van der Waals surface area contributed by atoms with Crippen molar-refractivity contribution in [2.45, 2.75) is 64.7 Å². The van der Waals surface area contributed by atoms with E-state index in [1.165, 1.54) is 44.9 Å². The maximum Gasteiger partial charge on any atom is 0.336 e. The van der Waals surface area contributed by atoms with Crippen LogP contribution in [0.3, 0.4) is 0 Å². The van der Waals surface area contributed by atoms with Gasteiger partial charge in [0.15, 0.2) is 0 Å². The topological polar surface area (TPSA) is 52.6 Å². The van der Waals surface area contributed by atoms with Gasteiger partial charge < -0.3 is 9.47 Å². The molecule has 2 rings (SSSR count). The molecule has 0 aliphatic heterocycles. The normalized spacial score (nSPS) is 10.9. The highest BCUT2D eigenvalue weighted by molar-refractivity contribution is 5.93. The molecule has 0 atom stereocenters. The Morgan fingerprint density at radius 2 is 1.29 bits per heavy atom. The lowest BCUT2D eigenvalue weighted by Gasteiger charge is -2.08. The number of unbranched alkanes of at least 4 members (excludes halogenated alkanes) is 8. The van der Waals surface area contributed by atoms with Crippen molar-refractivity contribution < 1.29 is 19.1 Å². The largest absolute Gasteiger partial charge is 0.463 e. The predicted molar refractivity (Wildman–Crippen MR) is 125 cm³/mol. The first-order valence-corrected chi connectivity index (χ1v) is 11.4. The first kappa shape index (κ1) is 24.4.